The predicted molar refractivity (Wildman–Crippen MR) is 102 cm³/mol. The van der Waals surface area contributed by atoms with Crippen LogP contribution in [0.1, 0.15) is 34.6 Å². The summed E-state index contributed by atoms with van der Waals surface area (Å²) in [5, 5.41) is 7.03. The Labute approximate surface area is 171 Å². The molecule has 0 bridgehead atoms. The molecule has 1 fully saturated rings. The highest BCUT2D eigenvalue weighted by molar-refractivity contribution is 6.36. The molecule has 10 heteroatoms. The minimum atomic E-state index is -4.52. The summed E-state index contributed by atoms with van der Waals surface area (Å²) < 4.78 is 42.3. The largest absolute Gasteiger partial charge is 0.410 e. The third-order valence-electron chi connectivity index (χ3n) is 5.60. The van der Waals surface area contributed by atoms with Crippen LogP contribution in [0.25, 0.3) is 0 Å². The van der Waals surface area contributed by atoms with E-state index in [1.807, 2.05) is 7.05 Å². The monoisotopic (exact) mass is 428 g/mol. The number of nitrogens with zero attached hydrogens (tertiary/aromatic N) is 3. The molecule has 2 aromatic rings. The number of alkyl halides is 3. The van der Waals surface area contributed by atoms with Gasteiger partial charge in [-0.3, -0.25) is 4.79 Å². The molecule has 0 spiro atoms. The number of hydrogen-bond acceptors (Lipinski definition) is 3. The number of quaternary nitrogens is 1. The number of halogens is 4. The second kappa shape index (κ2) is 7.53. The molecule has 2 aliphatic heterocycles. The van der Waals surface area contributed by atoms with Gasteiger partial charge in [0.05, 0.1) is 39.3 Å². The maximum Gasteiger partial charge on any atom is 0.410 e. The second-order valence-electron chi connectivity index (χ2n) is 7.61. The van der Waals surface area contributed by atoms with Gasteiger partial charge in [-0.1, -0.05) is 41.9 Å². The van der Waals surface area contributed by atoms with Crippen molar-refractivity contribution in [1.29, 1.82) is 0 Å². The highest BCUT2D eigenvalue weighted by atomic mass is 35.5. The lowest BCUT2D eigenvalue weighted by atomic mass is 9.97. The SMILES string of the molecule is C[NH+]1CCN(C(=O)c2nn3c(c2Cl)N[C@H](c2ccccc2)C[C@@H]3C(F)(F)F)CC1. The Morgan fingerprint density at radius 1 is 1.24 bits per heavy atom. The van der Waals surface area contributed by atoms with Gasteiger partial charge < -0.3 is 15.1 Å². The molecular weight excluding hydrogens is 407 g/mol. The van der Waals surface area contributed by atoms with Gasteiger partial charge in [0.1, 0.15) is 10.8 Å². The van der Waals surface area contributed by atoms with Crippen molar-refractivity contribution in [3.8, 4) is 0 Å². The number of likely N-dealkylation sites (N-methyl/N-ethyl adjacent to an activating group) is 1. The van der Waals surface area contributed by atoms with Crippen molar-refractivity contribution in [3.63, 3.8) is 0 Å². The number of benzene rings is 1. The number of carbonyl (C=O) groups is 1. The van der Waals surface area contributed by atoms with Gasteiger partial charge in [-0.05, 0) is 5.56 Å². The molecule has 2 N–H and O–H groups in total. The van der Waals surface area contributed by atoms with Crippen LogP contribution in [0.3, 0.4) is 0 Å². The number of piperazine rings is 1. The summed E-state index contributed by atoms with van der Waals surface area (Å²) in [6, 6.07) is 6.45. The van der Waals surface area contributed by atoms with Crippen LogP contribution in [-0.2, 0) is 0 Å². The fourth-order valence-corrected chi connectivity index (χ4v) is 4.13. The minimum Gasteiger partial charge on any atom is -0.362 e. The fourth-order valence-electron chi connectivity index (χ4n) is 3.87. The molecule has 0 unspecified atom stereocenters. The van der Waals surface area contributed by atoms with Gasteiger partial charge in [0.15, 0.2) is 11.7 Å². The van der Waals surface area contributed by atoms with E-state index in [9.17, 15) is 18.0 Å². The standard InChI is InChI=1S/C19H21ClF3N5O/c1-26-7-9-27(10-8-26)18(29)16-15(20)17-24-13(12-5-3-2-4-6-12)11-14(19(21,22)23)28(17)25-16/h2-6,13-14,24H,7-11H2,1H3/p+1/t13-,14+/m0/s1. The molecule has 2 aliphatic rings. The van der Waals surface area contributed by atoms with Crippen molar-refractivity contribution < 1.29 is 22.9 Å². The lowest BCUT2D eigenvalue weighted by Gasteiger charge is -2.33. The molecule has 1 saturated heterocycles. The van der Waals surface area contributed by atoms with Gasteiger partial charge in [0, 0.05) is 6.42 Å². The first-order valence-electron chi connectivity index (χ1n) is 9.52. The van der Waals surface area contributed by atoms with Crippen LogP contribution in [0.4, 0.5) is 19.0 Å². The number of hydrogen-bond donors (Lipinski definition) is 2. The van der Waals surface area contributed by atoms with Gasteiger partial charge in [0.25, 0.3) is 5.91 Å². The van der Waals surface area contributed by atoms with E-state index in [1.165, 1.54) is 4.90 Å². The predicted octanol–water partition coefficient (Wildman–Crippen LogP) is 2.17. The van der Waals surface area contributed by atoms with Gasteiger partial charge in [-0.15, -0.1) is 0 Å². The summed E-state index contributed by atoms with van der Waals surface area (Å²) in [5.74, 6) is -0.388. The molecule has 29 heavy (non-hydrogen) atoms. The lowest BCUT2D eigenvalue weighted by Crippen LogP contribution is -3.12. The third-order valence-corrected chi connectivity index (χ3v) is 5.96. The Kier molecular flexibility index (Phi) is 5.20. The number of aromatic nitrogens is 2. The first-order valence-corrected chi connectivity index (χ1v) is 9.90. The summed E-state index contributed by atoms with van der Waals surface area (Å²) in [6.07, 6.45) is -4.75. The van der Waals surface area contributed by atoms with E-state index in [4.69, 9.17) is 11.6 Å². The average molecular weight is 429 g/mol. The van der Waals surface area contributed by atoms with E-state index < -0.39 is 24.2 Å². The van der Waals surface area contributed by atoms with Crippen LogP contribution in [0, 0.1) is 0 Å². The molecule has 0 radical (unpaired) electrons. The zero-order valence-electron chi connectivity index (χ0n) is 15.8. The van der Waals surface area contributed by atoms with Gasteiger partial charge in [0.2, 0.25) is 0 Å². The summed E-state index contributed by atoms with van der Waals surface area (Å²) in [4.78, 5) is 15.8. The van der Waals surface area contributed by atoms with Crippen molar-refractivity contribution in [2.24, 2.45) is 0 Å². The van der Waals surface area contributed by atoms with Gasteiger partial charge >= 0.3 is 6.18 Å². The summed E-state index contributed by atoms with van der Waals surface area (Å²) in [6.45, 7) is 2.59. The Hall–Kier alpha value is -2.26. The van der Waals surface area contributed by atoms with Gasteiger partial charge in [-0.2, -0.15) is 18.3 Å². The molecule has 2 atom stereocenters. The third kappa shape index (κ3) is 3.81. The molecule has 1 amide bonds. The number of fused-ring (bicyclic) bond motifs is 1. The quantitative estimate of drug-likeness (QED) is 0.771. The molecule has 4 rings (SSSR count). The normalized spacial score (nSPS) is 22.9. The maximum absolute atomic E-state index is 13.8. The number of amides is 1. The van der Waals surface area contributed by atoms with Gasteiger partial charge in [-0.25, -0.2) is 4.68 Å². The van der Waals surface area contributed by atoms with E-state index in [2.05, 4.69) is 10.4 Å². The first kappa shape index (κ1) is 20.0. The van der Waals surface area contributed by atoms with Crippen LogP contribution in [0.2, 0.25) is 5.02 Å². The molecule has 3 heterocycles. The van der Waals surface area contributed by atoms with Crippen LogP contribution >= 0.6 is 11.6 Å². The van der Waals surface area contributed by atoms with Crippen molar-refractivity contribution in [2.45, 2.75) is 24.7 Å². The second-order valence-corrected chi connectivity index (χ2v) is 7.98. The number of rotatable bonds is 2. The molecule has 1 aromatic carbocycles. The highest BCUT2D eigenvalue weighted by Crippen LogP contribution is 2.46. The van der Waals surface area contributed by atoms with Crippen molar-refractivity contribution in [1.82, 2.24) is 14.7 Å². The topological polar surface area (TPSA) is 54.6 Å². The molecule has 1 aromatic heterocycles. The number of carbonyl (C=O) groups excluding carboxylic acids is 1. The van der Waals surface area contributed by atoms with E-state index >= 15 is 0 Å². The number of anilines is 1. The molecule has 0 saturated carbocycles. The molecule has 0 aliphatic carbocycles. The highest BCUT2D eigenvalue weighted by Gasteiger charge is 2.48. The Morgan fingerprint density at radius 3 is 2.52 bits per heavy atom. The smallest absolute Gasteiger partial charge is 0.362 e. The molecule has 156 valence electrons. The van der Waals surface area contributed by atoms with Crippen molar-refractivity contribution in [3.05, 3.63) is 46.6 Å². The summed E-state index contributed by atoms with van der Waals surface area (Å²) in [5.41, 5.74) is 0.594. The van der Waals surface area contributed by atoms with Crippen LogP contribution < -0.4 is 10.2 Å². The average Bonchev–Trinajstić information content (AvgIpc) is 3.04. The summed E-state index contributed by atoms with van der Waals surface area (Å²) >= 11 is 6.39. The first-order chi connectivity index (χ1) is 13.8. The zero-order chi connectivity index (χ0) is 20.8. The van der Waals surface area contributed by atoms with Crippen LogP contribution in [0.5, 0.6) is 0 Å². The summed E-state index contributed by atoms with van der Waals surface area (Å²) in [7, 11) is 2.03. The Balaban J connectivity index is 1.69. The van der Waals surface area contributed by atoms with E-state index in [1.54, 1.807) is 35.2 Å². The zero-order valence-corrected chi connectivity index (χ0v) is 16.6. The lowest BCUT2D eigenvalue weighted by molar-refractivity contribution is -0.883. The van der Waals surface area contributed by atoms with Crippen LogP contribution in [-0.4, -0.2) is 60.0 Å². The number of nitrogens with one attached hydrogen (secondary N) is 2. The Bertz CT molecular complexity index is 893. The van der Waals surface area contributed by atoms with E-state index in [0.29, 0.717) is 13.1 Å². The Morgan fingerprint density at radius 2 is 1.90 bits per heavy atom. The molecular formula is C19H22ClF3N5O+. The molecule has 6 nitrogen and oxygen atoms in total. The van der Waals surface area contributed by atoms with Crippen molar-refractivity contribution in [2.75, 3.05) is 38.5 Å². The van der Waals surface area contributed by atoms with E-state index in [0.717, 1.165) is 23.3 Å². The van der Waals surface area contributed by atoms with Crippen LogP contribution in [0.15, 0.2) is 30.3 Å². The maximum atomic E-state index is 13.8. The van der Waals surface area contributed by atoms with E-state index in [-0.39, 0.29) is 23.0 Å². The fraction of sp³-hybridized carbons (Fsp3) is 0.474. The van der Waals surface area contributed by atoms with Crippen molar-refractivity contribution >= 4 is 23.3 Å². The minimum absolute atomic E-state index is 0.0391.